The van der Waals surface area contributed by atoms with Crippen LogP contribution in [0.3, 0.4) is 0 Å². The van der Waals surface area contributed by atoms with Crippen molar-refractivity contribution >= 4 is 27.5 Å². The highest BCUT2D eigenvalue weighted by atomic mass is 19.1. The number of nitrogens with zero attached hydrogens (tertiary/aromatic N) is 5. The number of aromatic nitrogens is 3. The van der Waals surface area contributed by atoms with E-state index in [0.717, 1.165) is 66.3 Å². The van der Waals surface area contributed by atoms with Crippen molar-refractivity contribution in [1.82, 2.24) is 25.2 Å². The second kappa shape index (κ2) is 10.0. The van der Waals surface area contributed by atoms with Gasteiger partial charge in [-0.3, -0.25) is 4.90 Å². The predicted molar refractivity (Wildman–Crippen MR) is 162 cm³/mol. The second-order valence-electron chi connectivity index (χ2n) is 12.7. The Kier molecular flexibility index (Phi) is 6.23. The maximum atomic E-state index is 14.4. The van der Waals surface area contributed by atoms with Gasteiger partial charge in [-0.05, 0) is 67.1 Å². The van der Waals surface area contributed by atoms with Gasteiger partial charge in [-0.25, -0.2) is 14.4 Å². The molecule has 0 saturated carbocycles. The van der Waals surface area contributed by atoms with E-state index in [-0.39, 0.29) is 11.3 Å². The van der Waals surface area contributed by atoms with Gasteiger partial charge in [0.1, 0.15) is 18.5 Å². The van der Waals surface area contributed by atoms with Gasteiger partial charge in [0, 0.05) is 56.0 Å². The molecule has 218 valence electrons. The molecular weight excluding hydrogens is 531 g/mol. The minimum atomic E-state index is -0.800. The highest BCUT2D eigenvalue weighted by Crippen LogP contribution is 2.41. The lowest BCUT2D eigenvalue weighted by molar-refractivity contribution is 0.111. The number of rotatable bonds is 6. The number of aromatic hydroxyl groups is 1. The third-order valence-corrected chi connectivity index (χ3v) is 10.00. The van der Waals surface area contributed by atoms with Gasteiger partial charge in [0.25, 0.3) is 0 Å². The van der Waals surface area contributed by atoms with Crippen molar-refractivity contribution in [1.29, 1.82) is 0 Å². The van der Waals surface area contributed by atoms with Crippen LogP contribution in [0.1, 0.15) is 44.6 Å². The average molecular weight is 569 g/mol. The van der Waals surface area contributed by atoms with Crippen LogP contribution in [0.4, 0.5) is 10.1 Å². The molecule has 4 atom stereocenters. The van der Waals surface area contributed by atoms with E-state index in [1.54, 1.807) is 12.1 Å². The van der Waals surface area contributed by atoms with Crippen LogP contribution in [0.2, 0.25) is 0 Å². The molecule has 8 rings (SSSR count). The smallest absolute Gasteiger partial charge is 0.217 e. The maximum absolute atomic E-state index is 14.4. The van der Waals surface area contributed by atoms with E-state index in [1.807, 2.05) is 24.4 Å². The lowest BCUT2D eigenvalue weighted by Crippen LogP contribution is -2.51. The number of hydrogen-bond acceptors (Lipinski definition) is 8. The largest absolute Gasteiger partial charge is 0.508 e. The second-order valence-corrected chi connectivity index (χ2v) is 12.7. The van der Waals surface area contributed by atoms with Gasteiger partial charge >= 0.3 is 0 Å². The van der Waals surface area contributed by atoms with Gasteiger partial charge in [0.2, 0.25) is 5.88 Å². The molecule has 4 fully saturated rings. The molecular formula is C33H37FN6O2. The van der Waals surface area contributed by atoms with Gasteiger partial charge < -0.3 is 20.1 Å². The number of phenolic OH excluding ortho intramolecular Hbond substituents is 1. The summed E-state index contributed by atoms with van der Waals surface area (Å²) >= 11 is 0. The molecule has 0 spiro atoms. The first-order valence-corrected chi connectivity index (χ1v) is 15.4. The molecule has 6 heterocycles. The van der Waals surface area contributed by atoms with Crippen LogP contribution in [0.25, 0.3) is 33.2 Å². The van der Waals surface area contributed by atoms with E-state index in [0.29, 0.717) is 49.0 Å². The number of alkyl halides is 1. The van der Waals surface area contributed by atoms with E-state index in [2.05, 4.69) is 28.1 Å². The van der Waals surface area contributed by atoms with Crippen molar-refractivity contribution in [3.63, 3.8) is 0 Å². The normalized spacial score (nSPS) is 27.3. The molecule has 9 heteroatoms. The number of phenols is 1. The molecule has 4 saturated heterocycles. The number of aryl methyl sites for hydroxylation is 1. The van der Waals surface area contributed by atoms with Crippen molar-refractivity contribution in [2.24, 2.45) is 0 Å². The van der Waals surface area contributed by atoms with Gasteiger partial charge in [-0.15, -0.1) is 0 Å². The lowest BCUT2D eigenvalue weighted by Gasteiger charge is -2.35. The Hall–Kier alpha value is -3.56. The van der Waals surface area contributed by atoms with Crippen molar-refractivity contribution in [3.05, 3.63) is 48.2 Å². The lowest BCUT2D eigenvalue weighted by atomic mass is 9.95. The molecule has 4 aliphatic heterocycles. The number of piperazine rings is 1. The molecule has 2 aromatic heterocycles. The van der Waals surface area contributed by atoms with Crippen LogP contribution < -0.4 is 15.0 Å². The van der Waals surface area contributed by atoms with Crippen molar-refractivity contribution in [2.75, 3.05) is 37.7 Å². The van der Waals surface area contributed by atoms with Crippen LogP contribution in [0.5, 0.6) is 11.6 Å². The molecule has 0 aliphatic carbocycles. The number of halogens is 1. The standard InChI is InChI=1S/C33H37FN6O2/c1-2-20-5-3-6-21-11-25(41)12-26(30(20)21)31-35-15-27-28(39-17-23-7-8-24(18-39)36-23)13-29(37-32(27)38-31)42-19-33-9-4-10-40(33)16-22(34)14-33/h3,5-6,11-13,15,22-24,36,41H,2,4,7-10,14,16-19H2,1H3/t22-,23?,24?,33+/m1/s1. The van der Waals surface area contributed by atoms with Crippen LogP contribution in [-0.2, 0) is 6.42 Å². The van der Waals surface area contributed by atoms with Crippen LogP contribution in [0.15, 0.2) is 42.6 Å². The highest BCUT2D eigenvalue weighted by Gasteiger charge is 2.49. The SMILES string of the molecule is CCc1cccc2cc(O)cc(-c3ncc4c(N5CC6CCC(C5)N6)cc(OC[C@@]56CCCN5C[C@H](F)C6)nc4n3)c12. The fourth-order valence-electron chi connectivity index (χ4n) is 8.05. The van der Waals surface area contributed by atoms with E-state index < -0.39 is 6.17 Å². The first kappa shape index (κ1) is 26.1. The van der Waals surface area contributed by atoms with Crippen LogP contribution >= 0.6 is 0 Å². The molecule has 2 unspecified atom stereocenters. The summed E-state index contributed by atoms with van der Waals surface area (Å²) in [5.74, 6) is 1.23. The number of fused-ring (bicyclic) bond motifs is 5. The zero-order chi connectivity index (χ0) is 28.4. The average Bonchev–Trinajstić information content (AvgIpc) is 3.64. The fraction of sp³-hybridized carbons (Fsp3) is 0.485. The van der Waals surface area contributed by atoms with E-state index in [9.17, 15) is 9.50 Å². The molecule has 2 N–H and O–H groups in total. The highest BCUT2D eigenvalue weighted by molar-refractivity contribution is 6.00. The molecule has 2 bridgehead atoms. The third kappa shape index (κ3) is 4.36. The predicted octanol–water partition coefficient (Wildman–Crippen LogP) is 5.01. The fourth-order valence-corrected chi connectivity index (χ4v) is 8.05. The molecule has 4 aliphatic rings. The number of pyridine rings is 1. The Bertz CT molecular complexity index is 1670. The van der Waals surface area contributed by atoms with Gasteiger partial charge in [-0.2, -0.15) is 4.98 Å². The summed E-state index contributed by atoms with van der Waals surface area (Å²) < 4.78 is 20.9. The van der Waals surface area contributed by atoms with Gasteiger partial charge in [0.05, 0.1) is 16.6 Å². The molecule has 2 aromatic carbocycles. The minimum Gasteiger partial charge on any atom is -0.508 e. The Morgan fingerprint density at radius 2 is 1.98 bits per heavy atom. The number of nitrogens with one attached hydrogen (secondary N) is 1. The summed E-state index contributed by atoms with van der Waals surface area (Å²) in [5.41, 5.74) is 3.32. The Morgan fingerprint density at radius 3 is 2.81 bits per heavy atom. The summed E-state index contributed by atoms with van der Waals surface area (Å²) in [5, 5.41) is 17.2. The van der Waals surface area contributed by atoms with Crippen molar-refractivity contribution in [3.8, 4) is 23.0 Å². The van der Waals surface area contributed by atoms with Crippen LogP contribution in [-0.4, -0.2) is 81.5 Å². The topological polar surface area (TPSA) is 86.6 Å². The molecule has 4 aromatic rings. The summed E-state index contributed by atoms with van der Waals surface area (Å²) in [6.07, 6.45) is 6.84. The molecule has 0 amide bonds. The molecule has 8 nitrogen and oxygen atoms in total. The monoisotopic (exact) mass is 568 g/mol. The first-order chi connectivity index (χ1) is 20.5. The zero-order valence-corrected chi connectivity index (χ0v) is 24.0. The number of benzene rings is 2. The number of ether oxygens (including phenoxy) is 1. The Balaban J connectivity index is 1.23. The number of hydrogen-bond donors (Lipinski definition) is 2. The third-order valence-electron chi connectivity index (χ3n) is 10.00. The first-order valence-electron chi connectivity index (χ1n) is 15.4. The van der Waals surface area contributed by atoms with Crippen LogP contribution in [0, 0.1) is 0 Å². The summed E-state index contributed by atoms with van der Waals surface area (Å²) in [4.78, 5) is 19.5. The summed E-state index contributed by atoms with van der Waals surface area (Å²) in [7, 11) is 0. The maximum Gasteiger partial charge on any atom is 0.217 e. The minimum absolute atomic E-state index is 0.180. The van der Waals surface area contributed by atoms with Gasteiger partial charge in [0.15, 0.2) is 11.5 Å². The van der Waals surface area contributed by atoms with E-state index in [1.165, 1.54) is 18.4 Å². The van der Waals surface area contributed by atoms with E-state index >= 15 is 0 Å². The van der Waals surface area contributed by atoms with E-state index in [4.69, 9.17) is 19.7 Å². The zero-order valence-electron chi connectivity index (χ0n) is 24.0. The summed E-state index contributed by atoms with van der Waals surface area (Å²) in [6, 6.07) is 12.6. The van der Waals surface area contributed by atoms with Gasteiger partial charge in [-0.1, -0.05) is 25.1 Å². The Labute approximate surface area is 244 Å². The molecule has 42 heavy (non-hydrogen) atoms. The quantitative estimate of drug-likeness (QED) is 0.336. The Morgan fingerprint density at radius 1 is 1.12 bits per heavy atom. The number of anilines is 1. The van der Waals surface area contributed by atoms with Crippen molar-refractivity contribution < 1.29 is 14.2 Å². The summed E-state index contributed by atoms with van der Waals surface area (Å²) in [6.45, 7) is 5.80. The molecule has 0 radical (unpaired) electrons. The van der Waals surface area contributed by atoms with Crippen molar-refractivity contribution in [2.45, 2.75) is 69.2 Å².